The molecule has 0 fully saturated rings. The summed E-state index contributed by atoms with van der Waals surface area (Å²) < 4.78 is 15.2. The Morgan fingerprint density at radius 3 is 2.73 bits per heavy atom. The van der Waals surface area contributed by atoms with Crippen LogP contribution in [0.5, 0.6) is 0 Å². The lowest BCUT2D eigenvalue weighted by Gasteiger charge is -2.26. The molecule has 1 aliphatic rings. The zero-order chi connectivity index (χ0) is 19.0. The molecule has 0 bridgehead atoms. The van der Waals surface area contributed by atoms with Crippen LogP contribution >= 0.6 is 38.5 Å². The van der Waals surface area contributed by atoms with Gasteiger partial charge in [-0.2, -0.15) is 10.5 Å². The lowest BCUT2D eigenvalue weighted by Crippen LogP contribution is -2.33. The van der Waals surface area contributed by atoms with E-state index in [1.807, 2.05) is 28.7 Å². The fourth-order valence-corrected chi connectivity index (χ4v) is 4.09. The average molecular weight is 527 g/mol. The zero-order valence-electron chi connectivity index (χ0n) is 12.8. The van der Waals surface area contributed by atoms with Crippen LogP contribution in [0.2, 0.25) is 0 Å². The van der Waals surface area contributed by atoms with Crippen molar-refractivity contribution in [3.8, 4) is 12.3 Å². The number of nitriles is 2. The van der Waals surface area contributed by atoms with Crippen LogP contribution in [0, 0.1) is 32.2 Å². The highest BCUT2D eigenvalue weighted by molar-refractivity contribution is 14.1. The van der Waals surface area contributed by atoms with Gasteiger partial charge in [0, 0.05) is 9.13 Å². The number of halogens is 3. The number of anilines is 3. The summed E-state index contributed by atoms with van der Waals surface area (Å²) in [5.74, 6) is -0.172. The molecule has 1 aliphatic heterocycles. The average Bonchev–Trinajstić information content (AvgIpc) is 2.58. The Morgan fingerprint density at radius 1 is 1.35 bits per heavy atom. The first-order valence-corrected chi connectivity index (χ1v) is 8.87. The van der Waals surface area contributed by atoms with Crippen molar-refractivity contribution in [2.45, 2.75) is 6.04 Å². The van der Waals surface area contributed by atoms with Gasteiger partial charge in [-0.25, -0.2) is 14.4 Å². The van der Waals surface area contributed by atoms with Crippen LogP contribution in [0.15, 0.2) is 21.6 Å². The first-order valence-electron chi connectivity index (χ1n) is 7.00. The molecule has 11 heteroatoms. The number of hydrogen-bond donors (Lipinski definition) is 4. The zero-order valence-corrected chi connectivity index (χ0v) is 16.6. The predicted octanol–water partition coefficient (Wildman–Crippen LogP) is 2.57. The first-order chi connectivity index (χ1) is 12.4. The molecule has 0 amide bonds. The Morgan fingerprint density at radius 2 is 2.08 bits per heavy atom. The van der Waals surface area contributed by atoms with E-state index in [0.29, 0.717) is 19.2 Å². The molecule has 6 N–H and O–H groups in total. The van der Waals surface area contributed by atoms with Crippen LogP contribution < -0.4 is 22.1 Å². The van der Waals surface area contributed by atoms with Crippen molar-refractivity contribution in [3.05, 3.63) is 42.7 Å². The summed E-state index contributed by atoms with van der Waals surface area (Å²) in [6.07, 6.45) is 1.76. The fraction of sp³-hybridized carbons (Fsp3) is 0.0667. The number of pyridine rings is 1. The minimum absolute atomic E-state index is 0.0232. The molecule has 0 spiro atoms. The second-order valence-electron chi connectivity index (χ2n) is 5.19. The molecule has 1 aromatic carbocycles. The number of hydrogen-bond acceptors (Lipinski definition) is 8. The second kappa shape index (κ2) is 6.93. The molecule has 1 atom stereocenters. The number of nitrogen functional groups attached to an aromatic ring is 2. The molecule has 1 unspecified atom stereocenters. The van der Waals surface area contributed by atoms with Gasteiger partial charge in [0.25, 0.3) is 0 Å². The van der Waals surface area contributed by atoms with E-state index in [1.165, 1.54) is 6.07 Å². The summed E-state index contributed by atoms with van der Waals surface area (Å²) in [4.78, 5) is 8.55. The van der Waals surface area contributed by atoms with Crippen molar-refractivity contribution >= 4 is 61.8 Å². The van der Waals surface area contributed by atoms with Crippen LogP contribution in [0.4, 0.5) is 21.7 Å². The lowest BCUT2D eigenvalue weighted by molar-refractivity contribution is 0.616. The maximum absolute atomic E-state index is 14.1. The summed E-state index contributed by atoms with van der Waals surface area (Å²) in [7, 11) is 0. The van der Waals surface area contributed by atoms with Gasteiger partial charge >= 0.3 is 0 Å². The molecule has 26 heavy (non-hydrogen) atoms. The number of guanidine groups is 1. The Hall–Kier alpha value is -2.64. The van der Waals surface area contributed by atoms with Crippen LogP contribution in [-0.4, -0.2) is 10.9 Å². The van der Waals surface area contributed by atoms with E-state index in [-0.39, 0.29) is 28.8 Å². The topological polar surface area (TPSA) is 149 Å². The maximum Gasteiger partial charge on any atom is 0.211 e. The number of fused-ring (bicyclic) bond motifs is 1. The highest BCUT2D eigenvalue weighted by Crippen LogP contribution is 2.42. The largest absolute Gasteiger partial charge is 0.397 e. The quantitative estimate of drug-likeness (QED) is 0.193. The highest BCUT2D eigenvalue weighted by Gasteiger charge is 2.31. The van der Waals surface area contributed by atoms with Crippen molar-refractivity contribution < 1.29 is 4.39 Å². The van der Waals surface area contributed by atoms with E-state index in [2.05, 4.69) is 36.5 Å². The molecule has 0 saturated heterocycles. The van der Waals surface area contributed by atoms with Crippen LogP contribution in [0.25, 0.3) is 0 Å². The number of rotatable bonds is 1. The number of aliphatic imine (C=N–C) groups is 1. The van der Waals surface area contributed by atoms with E-state index in [4.69, 9.17) is 16.7 Å². The molecule has 0 saturated carbocycles. The molecule has 130 valence electrons. The third kappa shape index (κ3) is 3.00. The van der Waals surface area contributed by atoms with Gasteiger partial charge in [0.2, 0.25) is 5.96 Å². The number of aromatic nitrogens is 1. The molecule has 2 heterocycles. The lowest BCUT2D eigenvalue weighted by atomic mass is 9.95. The minimum atomic E-state index is -0.781. The van der Waals surface area contributed by atoms with Crippen molar-refractivity contribution in [2.24, 2.45) is 4.99 Å². The number of benzene rings is 1. The van der Waals surface area contributed by atoms with E-state index >= 15 is 0 Å². The molecular formula is C15H9BrFIN8. The summed E-state index contributed by atoms with van der Waals surface area (Å²) in [6, 6.07) is 4.06. The second-order valence-corrected chi connectivity index (χ2v) is 7.21. The van der Waals surface area contributed by atoms with Gasteiger partial charge in [-0.15, -0.1) is 0 Å². The Kier molecular flexibility index (Phi) is 4.84. The standard InChI is InChI=1S/C15H9BrFIN8/c16-7-2-9(18)5(1-8(7)17)12-10-11(21)6(3-19)13(22)25-14(10)26-15(24-12)23-4-20/h1-2,12H,(H6,21,22,23,24,25,26). The molecule has 1 aromatic heterocycles. The van der Waals surface area contributed by atoms with Crippen LogP contribution in [-0.2, 0) is 0 Å². The highest BCUT2D eigenvalue weighted by atomic mass is 127. The molecule has 0 aliphatic carbocycles. The third-order valence-electron chi connectivity index (χ3n) is 3.69. The van der Waals surface area contributed by atoms with Crippen molar-refractivity contribution in [2.75, 3.05) is 16.8 Å². The summed E-state index contributed by atoms with van der Waals surface area (Å²) >= 11 is 5.19. The van der Waals surface area contributed by atoms with E-state index < -0.39 is 11.9 Å². The molecule has 0 radical (unpaired) electrons. The normalized spacial score (nSPS) is 15.1. The monoisotopic (exact) mass is 526 g/mol. The van der Waals surface area contributed by atoms with Crippen LogP contribution in [0.3, 0.4) is 0 Å². The van der Waals surface area contributed by atoms with Gasteiger partial charge in [-0.1, -0.05) is 0 Å². The van der Waals surface area contributed by atoms with Crippen molar-refractivity contribution in [1.82, 2.24) is 10.3 Å². The van der Waals surface area contributed by atoms with E-state index in [1.54, 1.807) is 12.3 Å². The van der Waals surface area contributed by atoms with Gasteiger partial charge in [0.15, 0.2) is 6.19 Å². The maximum atomic E-state index is 14.1. The number of nitrogens with one attached hydrogen (secondary N) is 2. The van der Waals surface area contributed by atoms with Gasteiger partial charge in [-0.05, 0) is 56.2 Å². The van der Waals surface area contributed by atoms with Gasteiger partial charge < -0.3 is 16.8 Å². The van der Waals surface area contributed by atoms with E-state index in [9.17, 15) is 9.65 Å². The smallest absolute Gasteiger partial charge is 0.211 e. The Bertz CT molecular complexity index is 1040. The van der Waals surface area contributed by atoms with Gasteiger partial charge in [0.1, 0.15) is 35.1 Å². The fourth-order valence-electron chi connectivity index (χ4n) is 2.55. The van der Waals surface area contributed by atoms with Crippen molar-refractivity contribution in [1.29, 1.82) is 10.5 Å². The Balaban J connectivity index is 2.30. The number of nitrogens with two attached hydrogens (primary N) is 2. The molecule has 8 nitrogen and oxygen atoms in total. The molecule has 2 aromatic rings. The third-order valence-corrected chi connectivity index (χ3v) is 5.23. The summed E-state index contributed by atoms with van der Waals surface area (Å²) in [5.41, 5.74) is 12.9. The SMILES string of the molecule is N#CNC1=NC(c2cc(F)c(Br)cc2I)c2c(nc(N)c(C#N)c2N)N1. The summed E-state index contributed by atoms with van der Waals surface area (Å²) in [5, 5.41) is 23.4. The van der Waals surface area contributed by atoms with Crippen LogP contribution in [0.1, 0.15) is 22.7 Å². The molecule has 3 rings (SSSR count). The summed E-state index contributed by atoms with van der Waals surface area (Å²) in [6.45, 7) is 0. The van der Waals surface area contributed by atoms with Gasteiger partial charge in [0.05, 0.1) is 10.2 Å². The van der Waals surface area contributed by atoms with E-state index in [0.717, 1.165) is 0 Å². The predicted molar refractivity (Wildman–Crippen MR) is 106 cm³/mol. The minimum Gasteiger partial charge on any atom is -0.397 e. The Labute approximate surface area is 169 Å². The number of nitrogens with zero attached hydrogens (tertiary/aromatic N) is 4. The van der Waals surface area contributed by atoms with Gasteiger partial charge in [-0.3, -0.25) is 5.32 Å². The van der Waals surface area contributed by atoms with Crippen molar-refractivity contribution in [3.63, 3.8) is 0 Å². The first kappa shape index (κ1) is 18.2. The molecular weight excluding hydrogens is 518 g/mol.